The van der Waals surface area contributed by atoms with E-state index in [-0.39, 0.29) is 0 Å². The summed E-state index contributed by atoms with van der Waals surface area (Å²) >= 11 is 0. The molecule has 2 atom stereocenters. The van der Waals surface area contributed by atoms with Gasteiger partial charge in [-0.15, -0.1) is 0 Å². The van der Waals surface area contributed by atoms with Gasteiger partial charge in [0.25, 0.3) is 0 Å². The van der Waals surface area contributed by atoms with Crippen LogP contribution in [0.5, 0.6) is 0 Å². The van der Waals surface area contributed by atoms with Gasteiger partial charge in [-0.2, -0.15) is 0 Å². The van der Waals surface area contributed by atoms with Crippen molar-refractivity contribution in [3.8, 4) is 0 Å². The molecule has 72 valence electrons. The Balaban J connectivity index is 2.29. The fraction of sp³-hybridized carbons (Fsp3) is 1.00. The van der Waals surface area contributed by atoms with E-state index in [0.717, 1.165) is 22.3 Å². The van der Waals surface area contributed by atoms with Crippen molar-refractivity contribution in [1.29, 1.82) is 0 Å². The summed E-state index contributed by atoms with van der Waals surface area (Å²) < 4.78 is 0. The van der Waals surface area contributed by atoms with E-state index in [1.54, 1.807) is 0 Å². The fourth-order valence-corrected chi connectivity index (χ4v) is 5.08. The van der Waals surface area contributed by atoms with E-state index in [4.69, 9.17) is 0 Å². The minimum absolute atomic E-state index is 0.875. The average molecular weight is 204 g/mol. The molecule has 1 saturated heterocycles. The number of hydrogen-bond acceptors (Lipinski definition) is 2. The number of rotatable bonds is 3. The Morgan fingerprint density at radius 1 is 1.08 bits per heavy atom. The molecule has 0 saturated carbocycles. The second-order valence-electron chi connectivity index (χ2n) is 4.24. The third-order valence-corrected chi connectivity index (χ3v) is 6.21. The van der Waals surface area contributed by atoms with E-state index in [9.17, 15) is 0 Å². The van der Waals surface area contributed by atoms with Crippen LogP contribution in [0, 0.1) is 11.8 Å². The molecule has 1 aliphatic rings. The molecule has 0 nitrogen and oxygen atoms in total. The Morgan fingerprint density at radius 3 is 2.00 bits per heavy atom. The van der Waals surface area contributed by atoms with Gasteiger partial charge in [-0.25, -0.2) is 0 Å². The highest BCUT2D eigenvalue weighted by molar-refractivity contribution is 8.77. The Morgan fingerprint density at radius 2 is 1.58 bits per heavy atom. The van der Waals surface area contributed by atoms with Crippen molar-refractivity contribution in [2.45, 2.75) is 51.0 Å². The zero-order chi connectivity index (χ0) is 9.14. The van der Waals surface area contributed by atoms with E-state index in [2.05, 4.69) is 49.3 Å². The lowest BCUT2D eigenvalue weighted by Gasteiger charge is -2.18. The summed E-state index contributed by atoms with van der Waals surface area (Å²) in [7, 11) is 4.16. The normalized spacial score (nSPS) is 36.2. The summed E-state index contributed by atoms with van der Waals surface area (Å²) in [5.74, 6) is 1.84. The van der Waals surface area contributed by atoms with Gasteiger partial charge < -0.3 is 0 Å². The summed E-state index contributed by atoms with van der Waals surface area (Å²) in [5, 5.41) is 1.76. The fourth-order valence-electron chi connectivity index (χ4n) is 1.69. The van der Waals surface area contributed by atoms with E-state index in [1.165, 1.54) is 12.8 Å². The third-order valence-electron chi connectivity index (χ3n) is 2.64. The molecule has 1 aliphatic heterocycles. The first-order valence-electron chi connectivity index (χ1n) is 4.93. The van der Waals surface area contributed by atoms with Crippen LogP contribution in [0.25, 0.3) is 0 Å². The van der Waals surface area contributed by atoms with Crippen molar-refractivity contribution in [3.05, 3.63) is 0 Å². The first-order valence-corrected chi connectivity index (χ1v) is 7.21. The van der Waals surface area contributed by atoms with Crippen LogP contribution in [-0.4, -0.2) is 10.5 Å². The Labute approximate surface area is 84.7 Å². The van der Waals surface area contributed by atoms with E-state index in [0.29, 0.717) is 0 Å². The highest BCUT2D eigenvalue weighted by Gasteiger charge is 2.31. The monoisotopic (exact) mass is 204 g/mol. The van der Waals surface area contributed by atoms with Gasteiger partial charge in [0.05, 0.1) is 0 Å². The SMILES string of the molecule is CC(C)CCC1C(C)SSC1C. The second kappa shape index (κ2) is 4.80. The molecule has 2 unspecified atom stereocenters. The molecule has 1 fully saturated rings. The van der Waals surface area contributed by atoms with E-state index in [1.807, 2.05) is 0 Å². The van der Waals surface area contributed by atoms with Crippen LogP contribution in [0.4, 0.5) is 0 Å². The number of hydrogen-bond donors (Lipinski definition) is 0. The van der Waals surface area contributed by atoms with Crippen molar-refractivity contribution in [3.63, 3.8) is 0 Å². The smallest absolute Gasteiger partial charge is 0.0162 e. The summed E-state index contributed by atoms with van der Waals surface area (Å²) in [6.45, 7) is 9.41. The lowest BCUT2D eigenvalue weighted by atomic mass is 9.93. The molecule has 1 heterocycles. The maximum Gasteiger partial charge on any atom is 0.0162 e. The first-order chi connectivity index (χ1) is 5.61. The minimum atomic E-state index is 0.875. The maximum absolute atomic E-state index is 2.38. The maximum atomic E-state index is 2.38. The molecule has 0 N–H and O–H groups in total. The molecular formula is C10H20S2. The van der Waals surface area contributed by atoms with Gasteiger partial charge in [0.2, 0.25) is 0 Å². The standard InChI is InChI=1S/C10H20S2/c1-7(2)5-6-10-8(3)11-12-9(10)4/h7-10H,5-6H2,1-4H3. The molecule has 0 aromatic rings. The zero-order valence-corrected chi connectivity index (χ0v) is 10.2. The molecule has 2 heteroatoms. The predicted octanol–water partition coefficient (Wildman–Crippen LogP) is 4.21. The van der Waals surface area contributed by atoms with Crippen LogP contribution in [-0.2, 0) is 0 Å². The van der Waals surface area contributed by atoms with Crippen LogP contribution in [0.1, 0.15) is 40.5 Å². The Kier molecular flexibility index (Phi) is 4.31. The Bertz CT molecular complexity index is 124. The van der Waals surface area contributed by atoms with Crippen LogP contribution in [0.15, 0.2) is 0 Å². The van der Waals surface area contributed by atoms with Crippen molar-refractivity contribution in [2.75, 3.05) is 0 Å². The van der Waals surface area contributed by atoms with E-state index >= 15 is 0 Å². The topological polar surface area (TPSA) is 0 Å². The molecule has 0 aromatic heterocycles. The highest BCUT2D eigenvalue weighted by Crippen LogP contribution is 2.48. The quantitative estimate of drug-likeness (QED) is 0.632. The van der Waals surface area contributed by atoms with Gasteiger partial charge >= 0.3 is 0 Å². The summed E-state index contributed by atoms with van der Waals surface area (Å²) in [4.78, 5) is 0. The summed E-state index contributed by atoms with van der Waals surface area (Å²) in [6, 6.07) is 0. The molecule has 12 heavy (non-hydrogen) atoms. The molecule has 0 spiro atoms. The van der Waals surface area contributed by atoms with Crippen LogP contribution in [0.3, 0.4) is 0 Å². The van der Waals surface area contributed by atoms with Gasteiger partial charge in [-0.1, -0.05) is 55.7 Å². The summed E-state index contributed by atoms with van der Waals surface area (Å²) in [6.07, 6.45) is 2.83. The lowest BCUT2D eigenvalue weighted by Crippen LogP contribution is -2.17. The molecule has 0 radical (unpaired) electrons. The third kappa shape index (κ3) is 2.88. The van der Waals surface area contributed by atoms with Crippen molar-refractivity contribution in [1.82, 2.24) is 0 Å². The molecule has 0 amide bonds. The highest BCUT2D eigenvalue weighted by atomic mass is 33.1. The molecule has 0 bridgehead atoms. The molecule has 1 rings (SSSR count). The van der Waals surface area contributed by atoms with Gasteiger partial charge in [0, 0.05) is 10.5 Å². The molecule has 0 aliphatic carbocycles. The lowest BCUT2D eigenvalue weighted by molar-refractivity contribution is 0.424. The van der Waals surface area contributed by atoms with Crippen LogP contribution >= 0.6 is 21.6 Å². The van der Waals surface area contributed by atoms with Gasteiger partial charge in [0.1, 0.15) is 0 Å². The van der Waals surface area contributed by atoms with Gasteiger partial charge in [-0.05, 0) is 18.3 Å². The van der Waals surface area contributed by atoms with Crippen LogP contribution < -0.4 is 0 Å². The van der Waals surface area contributed by atoms with Crippen LogP contribution in [0.2, 0.25) is 0 Å². The first kappa shape index (κ1) is 10.8. The largest absolute Gasteiger partial charge is 0.0904 e. The van der Waals surface area contributed by atoms with Crippen molar-refractivity contribution >= 4 is 21.6 Å². The predicted molar refractivity (Wildman–Crippen MR) is 61.7 cm³/mol. The molecule has 0 aromatic carbocycles. The van der Waals surface area contributed by atoms with Crippen molar-refractivity contribution in [2.24, 2.45) is 11.8 Å². The molecular weight excluding hydrogens is 184 g/mol. The summed E-state index contributed by atoms with van der Waals surface area (Å²) in [5.41, 5.74) is 0. The average Bonchev–Trinajstić information content (AvgIpc) is 2.28. The second-order valence-corrected chi connectivity index (χ2v) is 7.26. The Hall–Kier alpha value is 0.700. The minimum Gasteiger partial charge on any atom is -0.0904 e. The van der Waals surface area contributed by atoms with Gasteiger partial charge in [-0.3, -0.25) is 0 Å². The van der Waals surface area contributed by atoms with Crippen molar-refractivity contribution < 1.29 is 0 Å². The zero-order valence-electron chi connectivity index (χ0n) is 8.54. The van der Waals surface area contributed by atoms with Gasteiger partial charge in [0.15, 0.2) is 0 Å². The van der Waals surface area contributed by atoms with E-state index < -0.39 is 0 Å².